The number of epoxide rings is 1. The van der Waals surface area contributed by atoms with Crippen molar-refractivity contribution in [1.29, 1.82) is 0 Å². The molecule has 2 rings (SSSR count). The first kappa shape index (κ1) is 17.6. The van der Waals surface area contributed by atoms with Crippen LogP contribution in [0.15, 0.2) is 0 Å². The first-order valence-corrected chi connectivity index (χ1v) is 12.6. The predicted octanol–water partition coefficient (Wildman–Crippen LogP) is 2.58. The van der Waals surface area contributed by atoms with Gasteiger partial charge in [-0.1, -0.05) is 0 Å². The third kappa shape index (κ3) is 4.37. The lowest BCUT2D eigenvalue weighted by atomic mass is 9.88. The molecule has 7 heteroatoms. The zero-order chi connectivity index (χ0) is 15.5. The monoisotopic (exact) mass is 334 g/mol. The van der Waals surface area contributed by atoms with Gasteiger partial charge in [0.05, 0.1) is 12.2 Å². The van der Waals surface area contributed by atoms with E-state index in [9.17, 15) is 0 Å². The molecule has 2 aliphatic rings. The highest BCUT2D eigenvalue weighted by Crippen LogP contribution is 2.42. The Balaban J connectivity index is 1.90. The van der Waals surface area contributed by atoms with Gasteiger partial charge in [-0.2, -0.15) is 0 Å². The van der Waals surface area contributed by atoms with Crippen LogP contribution in [-0.4, -0.2) is 57.8 Å². The van der Waals surface area contributed by atoms with Crippen LogP contribution in [0.3, 0.4) is 0 Å². The Morgan fingerprint density at radius 1 is 0.952 bits per heavy atom. The third-order valence-electron chi connectivity index (χ3n) is 5.24. The molecule has 3 atom stereocenters. The summed E-state index contributed by atoms with van der Waals surface area (Å²) in [6.45, 7) is 2.08. The smallest absolute Gasteiger partial charge is 0.339 e. The minimum atomic E-state index is -2.24. The highest BCUT2D eigenvalue weighted by molar-refractivity contribution is 6.85. The van der Waals surface area contributed by atoms with Crippen LogP contribution in [-0.2, 0) is 22.4 Å². The maximum Gasteiger partial charge on any atom is 0.339 e. The second-order valence-electron chi connectivity index (χ2n) is 6.47. The Morgan fingerprint density at radius 3 is 2.14 bits per heavy atom. The Bertz CT molecular complexity index is 333. The van der Waals surface area contributed by atoms with E-state index in [1.165, 1.54) is 25.7 Å². The van der Waals surface area contributed by atoms with Gasteiger partial charge in [-0.3, -0.25) is 0 Å². The normalized spacial score (nSPS) is 29.3. The van der Waals surface area contributed by atoms with E-state index in [0.717, 1.165) is 17.6 Å². The maximum atomic E-state index is 5.87. The molecule has 2 fully saturated rings. The summed E-state index contributed by atoms with van der Waals surface area (Å²) in [5.74, 6) is 0.754. The van der Waals surface area contributed by atoms with Crippen molar-refractivity contribution in [2.75, 3.05) is 28.4 Å². The fraction of sp³-hybridized carbons (Fsp3) is 1.00. The van der Waals surface area contributed by atoms with Crippen molar-refractivity contribution in [1.82, 2.24) is 0 Å². The average Bonchev–Trinajstić information content (AvgIpc) is 3.30. The summed E-state index contributed by atoms with van der Waals surface area (Å²) in [5, 5.41) is 0. The summed E-state index contributed by atoms with van der Waals surface area (Å²) < 4.78 is 28.6. The van der Waals surface area contributed by atoms with Crippen molar-refractivity contribution in [3.63, 3.8) is 0 Å². The number of rotatable bonds is 9. The van der Waals surface area contributed by atoms with Gasteiger partial charge >= 0.3 is 17.1 Å². The predicted molar refractivity (Wildman–Crippen MR) is 85.6 cm³/mol. The van der Waals surface area contributed by atoms with Gasteiger partial charge < -0.3 is 22.4 Å². The molecular weight excluding hydrogens is 304 g/mol. The SMILES string of the molecule is CO[Si](C)(C[Si](CCC1CCC2OC2C1)(OC)OC)OC. The first-order chi connectivity index (χ1) is 9.99. The lowest BCUT2D eigenvalue weighted by molar-refractivity contribution is 0.218. The van der Waals surface area contributed by atoms with Crippen molar-refractivity contribution in [3.8, 4) is 0 Å². The van der Waals surface area contributed by atoms with Crippen LogP contribution < -0.4 is 0 Å². The molecule has 1 aliphatic carbocycles. The highest BCUT2D eigenvalue weighted by Gasteiger charge is 2.48. The van der Waals surface area contributed by atoms with E-state index in [2.05, 4.69) is 6.55 Å². The first-order valence-electron chi connectivity index (χ1n) is 7.86. The van der Waals surface area contributed by atoms with Crippen LogP contribution in [0.1, 0.15) is 25.7 Å². The van der Waals surface area contributed by atoms with Gasteiger partial charge in [0, 0.05) is 34.1 Å². The Labute approximate surface area is 130 Å². The van der Waals surface area contributed by atoms with Crippen molar-refractivity contribution < 1.29 is 22.4 Å². The minimum absolute atomic E-state index is 0.544. The van der Waals surface area contributed by atoms with E-state index in [-0.39, 0.29) is 0 Å². The lowest BCUT2D eigenvalue weighted by Gasteiger charge is -2.34. The van der Waals surface area contributed by atoms with E-state index in [0.29, 0.717) is 12.2 Å². The maximum absolute atomic E-state index is 5.87. The molecule has 0 amide bonds. The van der Waals surface area contributed by atoms with Crippen LogP contribution in [0.4, 0.5) is 0 Å². The molecule has 1 saturated carbocycles. The van der Waals surface area contributed by atoms with E-state index >= 15 is 0 Å². The van der Waals surface area contributed by atoms with Crippen LogP contribution in [0.25, 0.3) is 0 Å². The standard InChI is InChI=1S/C14H30O5Si2/c1-15-20(5,16-2)11-21(17-3,18-4)9-8-12-6-7-13-14(10-12)19-13/h12-14H,6-11H2,1-5H3. The third-order valence-corrected chi connectivity index (χ3v) is 14.2. The van der Waals surface area contributed by atoms with Crippen molar-refractivity contribution in [3.05, 3.63) is 0 Å². The second kappa shape index (κ2) is 7.20. The minimum Gasteiger partial charge on any atom is -0.398 e. The summed E-state index contributed by atoms with van der Waals surface area (Å²) in [5.41, 5.74) is 0.815. The van der Waals surface area contributed by atoms with Gasteiger partial charge in [0.25, 0.3) is 0 Å². The summed E-state index contributed by atoms with van der Waals surface area (Å²) in [6.07, 6.45) is 6.01. The molecule has 3 unspecified atom stereocenters. The molecule has 124 valence electrons. The number of fused-ring (bicyclic) bond motifs is 1. The molecule has 1 heterocycles. The van der Waals surface area contributed by atoms with Crippen LogP contribution in [0, 0.1) is 5.92 Å². The zero-order valence-electron chi connectivity index (χ0n) is 14.0. The van der Waals surface area contributed by atoms with E-state index in [1.807, 2.05) is 0 Å². The molecule has 0 spiro atoms. The van der Waals surface area contributed by atoms with Gasteiger partial charge in [0.2, 0.25) is 0 Å². The second-order valence-corrected chi connectivity index (χ2v) is 14.1. The van der Waals surface area contributed by atoms with Crippen LogP contribution in [0.5, 0.6) is 0 Å². The van der Waals surface area contributed by atoms with Crippen LogP contribution in [0.2, 0.25) is 18.3 Å². The molecule has 0 N–H and O–H groups in total. The summed E-state index contributed by atoms with van der Waals surface area (Å²) in [7, 11) is 2.58. The van der Waals surface area contributed by atoms with E-state index in [1.54, 1.807) is 28.4 Å². The van der Waals surface area contributed by atoms with E-state index < -0.39 is 17.1 Å². The van der Waals surface area contributed by atoms with Crippen molar-refractivity contribution >= 4 is 17.1 Å². The van der Waals surface area contributed by atoms with Crippen molar-refractivity contribution in [2.24, 2.45) is 5.92 Å². The Kier molecular flexibility index (Phi) is 6.03. The molecular formula is C14H30O5Si2. The van der Waals surface area contributed by atoms with Gasteiger partial charge in [0.1, 0.15) is 0 Å². The summed E-state index contributed by atoms with van der Waals surface area (Å²) in [6, 6.07) is 1.01. The molecule has 0 bridgehead atoms. The van der Waals surface area contributed by atoms with Crippen LogP contribution >= 0.6 is 0 Å². The van der Waals surface area contributed by atoms with Crippen molar-refractivity contribution in [2.45, 2.75) is 56.1 Å². The number of hydrogen-bond donors (Lipinski definition) is 0. The zero-order valence-corrected chi connectivity index (χ0v) is 16.0. The molecule has 0 aromatic rings. The van der Waals surface area contributed by atoms with Gasteiger partial charge in [-0.25, -0.2) is 0 Å². The lowest BCUT2D eigenvalue weighted by Crippen LogP contribution is -2.51. The molecule has 0 aromatic carbocycles. The quantitative estimate of drug-likeness (QED) is 0.479. The van der Waals surface area contributed by atoms with Gasteiger partial charge in [-0.15, -0.1) is 0 Å². The highest BCUT2D eigenvalue weighted by atomic mass is 28.4. The van der Waals surface area contributed by atoms with E-state index in [4.69, 9.17) is 22.4 Å². The summed E-state index contributed by atoms with van der Waals surface area (Å²) >= 11 is 0. The Morgan fingerprint density at radius 2 is 1.62 bits per heavy atom. The average molecular weight is 335 g/mol. The fourth-order valence-corrected chi connectivity index (χ4v) is 11.9. The molecule has 5 nitrogen and oxygen atoms in total. The molecule has 1 aliphatic heterocycles. The van der Waals surface area contributed by atoms with Gasteiger partial charge in [0.15, 0.2) is 0 Å². The molecule has 1 saturated heterocycles. The number of hydrogen-bond acceptors (Lipinski definition) is 5. The fourth-order valence-electron chi connectivity index (χ4n) is 3.41. The largest absolute Gasteiger partial charge is 0.398 e. The number of ether oxygens (including phenoxy) is 1. The Hall–Kier alpha value is 0.234. The molecule has 21 heavy (non-hydrogen) atoms. The molecule has 0 aromatic heterocycles. The molecule has 0 radical (unpaired) electrons. The summed E-state index contributed by atoms with van der Waals surface area (Å²) in [4.78, 5) is 0. The topological polar surface area (TPSA) is 49.5 Å². The van der Waals surface area contributed by atoms with Gasteiger partial charge in [-0.05, 0) is 44.2 Å².